The number of methoxy groups -OCH3 is 1. The van der Waals surface area contributed by atoms with Gasteiger partial charge in [-0.05, 0) is 0 Å². The third-order valence-electron chi connectivity index (χ3n) is 0.921. The van der Waals surface area contributed by atoms with E-state index in [9.17, 15) is 22.4 Å². The summed E-state index contributed by atoms with van der Waals surface area (Å²) in [6.45, 7) is 0. The van der Waals surface area contributed by atoms with Crippen LogP contribution in [0.25, 0.3) is 0 Å². The van der Waals surface area contributed by atoms with Crippen molar-refractivity contribution in [1.82, 2.24) is 0 Å². The average molecular weight is 176 g/mol. The Morgan fingerprint density at radius 2 is 1.73 bits per heavy atom. The molecule has 0 saturated heterocycles. The molecule has 1 N–H and O–H groups in total. The van der Waals surface area contributed by atoms with Gasteiger partial charge in [0.05, 0.1) is 0 Å². The van der Waals surface area contributed by atoms with Gasteiger partial charge in [-0.2, -0.15) is 17.6 Å². The van der Waals surface area contributed by atoms with Crippen LogP contribution in [0.3, 0.4) is 0 Å². The standard InChI is InChI=1S/C4H4F4O3/c1-11-3(5,2(9)10)4(6,7)8/h1H3,(H,9,10)/t3-/m1/s1. The number of rotatable bonds is 2. The van der Waals surface area contributed by atoms with Gasteiger partial charge in [-0.3, -0.25) is 0 Å². The fraction of sp³-hybridized carbons (Fsp3) is 0.750. The number of hydrogen-bond acceptors (Lipinski definition) is 2. The van der Waals surface area contributed by atoms with Crippen LogP contribution < -0.4 is 0 Å². The van der Waals surface area contributed by atoms with E-state index in [1.807, 2.05) is 0 Å². The highest BCUT2D eigenvalue weighted by Crippen LogP contribution is 2.34. The van der Waals surface area contributed by atoms with Crippen molar-refractivity contribution < 1.29 is 32.2 Å². The van der Waals surface area contributed by atoms with Crippen molar-refractivity contribution in [2.24, 2.45) is 0 Å². The molecule has 0 aromatic rings. The zero-order valence-electron chi connectivity index (χ0n) is 5.28. The first kappa shape index (κ1) is 10.2. The molecule has 0 rings (SSSR count). The van der Waals surface area contributed by atoms with Crippen LogP contribution in [0.1, 0.15) is 0 Å². The minimum atomic E-state index is -5.56. The SMILES string of the molecule is CO[C@](F)(C(=O)O)C(F)(F)F. The molecule has 0 amide bonds. The number of carboxylic acid groups (broad SMARTS) is 1. The fourth-order valence-corrected chi connectivity index (χ4v) is 0.324. The van der Waals surface area contributed by atoms with Gasteiger partial charge in [0, 0.05) is 7.11 Å². The second-order valence-electron chi connectivity index (χ2n) is 1.60. The van der Waals surface area contributed by atoms with Gasteiger partial charge < -0.3 is 9.84 Å². The monoisotopic (exact) mass is 176 g/mol. The maximum atomic E-state index is 12.2. The van der Waals surface area contributed by atoms with Crippen molar-refractivity contribution in [2.75, 3.05) is 7.11 Å². The lowest BCUT2D eigenvalue weighted by Crippen LogP contribution is -2.49. The molecule has 0 aromatic heterocycles. The summed E-state index contributed by atoms with van der Waals surface area (Å²) in [6.07, 6.45) is -5.56. The Bertz CT molecular complexity index is 165. The van der Waals surface area contributed by atoms with Crippen LogP contribution in [-0.4, -0.2) is 30.2 Å². The Balaban J connectivity index is 4.75. The summed E-state index contributed by atoms with van der Waals surface area (Å²) >= 11 is 0. The molecule has 0 bridgehead atoms. The molecule has 0 aliphatic heterocycles. The van der Waals surface area contributed by atoms with Crippen LogP contribution in [0, 0.1) is 0 Å². The summed E-state index contributed by atoms with van der Waals surface area (Å²) in [4.78, 5) is 9.68. The molecule has 3 nitrogen and oxygen atoms in total. The van der Waals surface area contributed by atoms with Gasteiger partial charge in [0.25, 0.3) is 0 Å². The van der Waals surface area contributed by atoms with Crippen LogP contribution in [0.5, 0.6) is 0 Å². The minimum Gasteiger partial charge on any atom is -0.477 e. The lowest BCUT2D eigenvalue weighted by atomic mass is 10.3. The van der Waals surface area contributed by atoms with Crippen molar-refractivity contribution >= 4 is 5.97 Å². The molecular weight excluding hydrogens is 172 g/mol. The Morgan fingerprint density at radius 1 is 1.36 bits per heavy atom. The van der Waals surface area contributed by atoms with Gasteiger partial charge in [0.2, 0.25) is 0 Å². The van der Waals surface area contributed by atoms with Gasteiger partial charge >= 0.3 is 18.0 Å². The van der Waals surface area contributed by atoms with Crippen molar-refractivity contribution in [3.8, 4) is 0 Å². The molecule has 0 radical (unpaired) electrons. The Morgan fingerprint density at radius 3 is 1.73 bits per heavy atom. The van der Waals surface area contributed by atoms with Crippen LogP contribution in [0.4, 0.5) is 17.6 Å². The number of carbonyl (C=O) groups is 1. The van der Waals surface area contributed by atoms with Crippen LogP contribution in [-0.2, 0) is 9.53 Å². The zero-order chi connectivity index (χ0) is 9.28. The van der Waals surface area contributed by atoms with Gasteiger partial charge in [-0.1, -0.05) is 0 Å². The maximum Gasteiger partial charge on any atom is 0.460 e. The predicted molar refractivity (Wildman–Crippen MR) is 24.5 cm³/mol. The van der Waals surface area contributed by atoms with Gasteiger partial charge in [-0.25, -0.2) is 4.79 Å². The smallest absolute Gasteiger partial charge is 0.460 e. The van der Waals surface area contributed by atoms with E-state index >= 15 is 0 Å². The highest BCUT2D eigenvalue weighted by molar-refractivity contribution is 5.76. The quantitative estimate of drug-likeness (QED) is 0.637. The normalized spacial score (nSPS) is 17.5. The third-order valence-corrected chi connectivity index (χ3v) is 0.921. The highest BCUT2D eigenvalue weighted by atomic mass is 19.4. The Hall–Kier alpha value is -0.850. The number of carboxylic acids is 1. The summed E-state index contributed by atoms with van der Waals surface area (Å²) < 4.78 is 49.8. The first-order valence-electron chi connectivity index (χ1n) is 2.30. The number of ether oxygens (including phenoxy) is 1. The van der Waals surface area contributed by atoms with Crippen molar-refractivity contribution in [1.29, 1.82) is 0 Å². The maximum absolute atomic E-state index is 12.2. The second kappa shape index (κ2) is 2.65. The predicted octanol–water partition coefficient (Wildman–Crippen LogP) is 0.946. The number of hydrogen-bond donors (Lipinski definition) is 1. The summed E-state index contributed by atoms with van der Waals surface area (Å²) in [7, 11) is 0.321. The van der Waals surface area contributed by atoms with Crippen molar-refractivity contribution in [3.63, 3.8) is 0 Å². The summed E-state index contributed by atoms with van der Waals surface area (Å²) in [5.74, 6) is -7.32. The van der Waals surface area contributed by atoms with Gasteiger partial charge in [0.1, 0.15) is 0 Å². The molecule has 0 aliphatic rings. The van der Waals surface area contributed by atoms with Crippen molar-refractivity contribution in [3.05, 3.63) is 0 Å². The van der Waals surface area contributed by atoms with Crippen LogP contribution >= 0.6 is 0 Å². The molecule has 0 saturated carbocycles. The summed E-state index contributed by atoms with van der Waals surface area (Å²) in [5.41, 5.74) is 0. The van der Waals surface area contributed by atoms with E-state index in [4.69, 9.17) is 5.11 Å². The lowest BCUT2D eigenvalue weighted by molar-refractivity contribution is -0.314. The largest absolute Gasteiger partial charge is 0.477 e. The van der Waals surface area contributed by atoms with Crippen molar-refractivity contribution in [2.45, 2.75) is 12.0 Å². The van der Waals surface area contributed by atoms with E-state index in [1.54, 1.807) is 0 Å². The molecule has 11 heavy (non-hydrogen) atoms. The Kier molecular flexibility index (Phi) is 2.44. The topological polar surface area (TPSA) is 46.5 Å². The number of aliphatic carboxylic acids is 1. The van der Waals surface area contributed by atoms with E-state index in [2.05, 4.69) is 4.74 Å². The number of halogens is 4. The first-order valence-corrected chi connectivity index (χ1v) is 2.30. The molecule has 1 atom stereocenters. The molecular formula is C4H4F4O3. The third kappa shape index (κ3) is 1.59. The zero-order valence-corrected chi connectivity index (χ0v) is 5.28. The summed E-state index contributed by atoms with van der Waals surface area (Å²) in [6, 6.07) is 0. The molecule has 0 spiro atoms. The molecule has 0 unspecified atom stereocenters. The molecule has 0 aromatic carbocycles. The van der Waals surface area contributed by atoms with E-state index in [-0.39, 0.29) is 0 Å². The van der Waals surface area contributed by atoms with E-state index in [0.717, 1.165) is 0 Å². The molecule has 0 fully saturated rings. The number of alkyl halides is 4. The van der Waals surface area contributed by atoms with E-state index < -0.39 is 18.0 Å². The molecule has 66 valence electrons. The van der Waals surface area contributed by atoms with Crippen LogP contribution in [0.15, 0.2) is 0 Å². The fourth-order valence-electron chi connectivity index (χ4n) is 0.324. The molecule has 7 heteroatoms. The van der Waals surface area contributed by atoms with E-state index in [1.165, 1.54) is 0 Å². The molecule has 0 aliphatic carbocycles. The first-order chi connectivity index (χ1) is 4.75. The lowest BCUT2D eigenvalue weighted by Gasteiger charge is -2.20. The van der Waals surface area contributed by atoms with Crippen LogP contribution in [0.2, 0.25) is 0 Å². The van der Waals surface area contributed by atoms with Gasteiger partial charge in [-0.15, -0.1) is 0 Å². The molecule has 0 heterocycles. The Labute approximate surface area is 58.6 Å². The average Bonchev–Trinajstić information content (AvgIpc) is 1.83. The van der Waals surface area contributed by atoms with E-state index in [0.29, 0.717) is 7.11 Å². The van der Waals surface area contributed by atoms with Gasteiger partial charge in [0.15, 0.2) is 0 Å². The highest BCUT2D eigenvalue weighted by Gasteiger charge is 2.63. The second-order valence-corrected chi connectivity index (χ2v) is 1.60. The summed E-state index contributed by atoms with van der Waals surface area (Å²) in [5, 5.41) is 7.75. The minimum absolute atomic E-state index is 0.321.